The number of halogens is 2. The zero-order chi connectivity index (χ0) is 21.8. The van der Waals surface area contributed by atoms with Gasteiger partial charge in [0.05, 0.1) is 16.3 Å². The van der Waals surface area contributed by atoms with Crippen LogP contribution in [0.3, 0.4) is 0 Å². The standard InChI is InChI=1S/C20H17ClFNO4S3/c21-15-9-11-16(12-10-15)29(24,25)14-13-28-19-7-3-2-6-18(19)23-30(26,27)20-8-4-1-5-17(20)22/h1-12,23H,13-14H2. The van der Waals surface area contributed by atoms with E-state index < -0.39 is 30.6 Å². The van der Waals surface area contributed by atoms with Gasteiger partial charge in [0, 0.05) is 15.7 Å². The Labute approximate surface area is 184 Å². The number of para-hydroxylation sites is 1. The van der Waals surface area contributed by atoms with Crippen LogP contribution < -0.4 is 4.72 Å². The van der Waals surface area contributed by atoms with Crippen molar-refractivity contribution in [3.63, 3.8) is 0 Å². The largest absolute Gasteiger partial charge is 0.278 e. The molecule has 0 bridgehead atoms. The molecule has 0 radical (unpaired) electrons. The molecule has 3 aromatic rings. The van der Waals surface area contributed by atoms with Gasteiger partial charge in [0.15, 0.2) is 9.84 Å². The van der Waals surface area contributed by atoms with Gasteiger partial charge in [-0.3, -0.25) is 4.72 Å². The summed E-state index contributed by atoms with van der Waals surface area (Å²) in [6.07, 6.45) is 0. The molecule has 10 heteroatoms. The molecule has 3 aromatic carbocycles. The number of hydrogen-bond acceptors (Lipinski definition) is 5. The van der Waals surface area contributed by atoms with E-state index in [1.165, 1.54) is 60.3 Å². The van der Waals surface area contributed by atoms with Crippen molar-refractivity contribution in [1.29, 1.82) is 0 Å². The van der Waals surface area contributed by atoms with E-state index in [4.69, 9.17) is 11.6 Å². The first kappa shape index (κ1) is 22.6. The van der Waals surface area contributed by atoms with E-state index in [9.17, 15) is 21.2 Å². The number of anilines is 1. The molecule has 3 rings (SSSR count). The van der Waals surface area contributed by atoms with Crippen molar-refractivity contribution in [3.05, 3.63) is 83.6 Å². The van der Waals surface area contributed by atoms with E-state index in [1.54, 1.807) is 18.2 Å². The van der Waals surface area contributed by atoms with Crippen LogP contribution in [0.4, 0.5) is 10.1 Å². The van der Waals surface area contributed by atoms with Gasteiger partial charge in [-0.1, -0.05) is 35.9 Å². The third-order valence-corrected chi connectivity index (χ3v) is 8.76. The van der Waals surface area contributed by atoms with Crippen molar-refractivity contribution in [2.75, 3.05) is 16.2 Å². The smallest absolute Gasteiger partial charge is 0.264 e. The molecule has 0 heterocycles. The molecule has 30 heavy (non-hydrogen) atoms. The molecule has 1 N–H and O–H groups in total. The summed E-state index contributed by atoms with van der Waals surface area (Å²) in [5, 5.41) is 0.444. The van der Waals surface area contributed by atoms with Crippen LogP contribution in [0.5, 0.6) is 0 Å². The highest BCUT2D eigenvalue weighted by molar-refractivity contribution is 8.01. The van der Waals surface area contributed by atoms with E-state index in [2.05, 4.69) is 4.72 Å². The minimum absolute atomic E-state index is 0.145. The second kappa shape index (κ2) is 9.38. The van der Waals surface area contributed by atoms with Gasteiger partial charge in [-0.05, 0) is 48.5 Å². The molecule has 0 aromatic heterocycles. The minimum Gasteiger partial charge on any atom is -0.278 e. The van der Waals surface area contributed by atoms with Crippen LogP contribution in [0.25, 0.3) is 0 Å². The highest BCUT2D eigenvalue weighted by Crippen LogP contribution is 2.30. The summed E-state index contributed by atoms with van der Waals surface area (Å²) in [7, 11) is -7.65. The normalized spacial score (nSPS) is 11.9. The number of hydrogen-bond donors (Lipinski definition) is 1. The number of nitrogens with one attached hydrogen (secondary N) is 1. The van der Waals surface area contributed by atoms with E-state index >= 15 is 0 Å². The van der Waals surface area contributed by atoms with E-state index in [0.717, 1.165) is 6.07 Å². The first-order valence-electron chi connectivity index (χ1n) is 8.66. The molecule has 0 atom stereocenters. The molecule has 0 unspecified atom stereocenters. The van der Waals surface area contributed by atoms with Gasteiger partial charge in [0.1, 0.15) is 10.7 Å². The number of sulfonamides is 1. The monoisotopic (exact) mass is 485 g/mol. The zero-order valence-electron chi connectivity index (χ0n) is 15.5. The van der Waals surface area contributed by atoms with Crippen LogP contribution in [0.2, 0.25) is 5.02 Å². The lowest BCUT2D eigenvalue weighted by molar-refractivity contribution is 0.570. The van der Waals surface area contributed by atoms with Gasteiger partial charge in [0.25, 0.3) is 10.0 Å². The molecule has 0 fully saturated rings. The Morgan fingerprint density at radius 1 is 0.867 bits per heavy atom. The van der Waals surface area contributed by atoms with Crippen molar-refractivity contribution >= 4 is 48.9 Å². The van der Waals surface area contributed by atoms with Crippen molar-refractivity contribution in [2.45, 2.75) is 14.7 Å². The molecule has 0 aliphatic carbocycles. The van der Waals surface area contributed by atoms with Gasteiger partial charge in [-0.2, -0.15) is 0 Å². The molecule has 0 aliphatic rings. The number of rotatable bonds is 8. The van der Waals surface area contributed by atoms with E-state index in [-0.39, 0.29) is 22.1 Å². The van der Waals surface area contributed by atoms with Crippen LogP contribution in [-0.4, -0.2) is 28.3 Å². The van der Waals surface area contributed by atoms with Gasteiger partial charge < -0.3 is 0 Å². The maximum Gasteiger partial charge on any atom is 0.264 e. The van der Waals surface area contributed by atoms with Crippen LogP contribution in [-0.2, 0) is 19.9 Å². The summed E-state index contributed by atoms with van der Waals surface area (Å²) in [5.74, 6) is -0.805. The Bertz CT molecular complexity index is 1250. The number of sulfone groups is 1. The topological polar surface area (TPSA) is 80.3 Å². The maximum absolute atomic E-state index is 13.9. The summed E-state index contributed by atoms with van der Waals surface area (Å²) < 4.78 is 66.3. The Hall–Kier alpha value is -2.07. The predicted octanol–water partition coefficient (Wildman–Crippen LogP) is 4.85. The Balaban J connectivity index is 1.73. The van der Waals surface area contributed by atoms with Crippen LogP contribution >= 0.6 is 23.4 Å². The summed E-state index contributed by atoms with van der Waals surface area (Å²) in [6, 6.07) is 17.5. The second-order valence-electron chi connectivity index (χ2n) is 6.15. The average Bonchev–Trinajstić information content (AvgIpc) is 2.69. The molecule has 0 spiro atoms. The van der Waals surface area contributed by atoms with Gasteiger partial charge in [0.2, 0.25) is 0 Å². The van der Waals surface area contributed by atoms with Crippen molar-refractivity contribution in [3.8, 4) is 0 Å². The lowest BCUT2D eigenvalue weighted by atomic mass is 10.3. The van der Waals surface area contributed by atoms with Crippen molar-refractivity contribution in [2.24, 2.45) is 0 Å². The van der Waals surface area contributed by atoms with Gasteiger partial charge >= 0.3 is 0 Å². The van der Waals surface area contributed by atoms with E-state index in [0.29, 0.717) is 9.92 Å². The minimum atomic E-state index is -4.14. The SMILES string of the molecule is O=S(=O)(CCSc1ccccc1NS(=O)(=O)c1ccccc1F)c1ccc(Cl)cc1. The van der Waals surface area contributed by atoms with Crippen molar-refractivity contribution < 1.29 is 21.2 Å². The predicted molar refractivity (Wildman–Crippen MR) is 118 cm³/mol. The first-order chi connectivity index (χ1) is 14.2. The quantitative estimate of drug-likeness (QED) is 0.461. The van der Waals surface area contributed by atoms with Crippen LogP contribution in [0, 0.1) is 5.82 Å². The van der Waals surface area contributed by atoms with E-state index in [1.807, 2.05) is 0 Å². The molecule has 0 amide bonds. The van der Waals surface area contributed by atoms with Crippen molar-refractivity contribution in [1.82, 2.24) is 0 Å². The lowest BCUT2D eigenvalue weighted by Crippen LogP contribution is -2.15. The Morgan fingerprint density at radius 3 is 2.20 bits per heavy atom. The molecular weight excluding hydrogens is 469 g/mol. The lowest BCUT2D eigenvalue weighted by Gasteiger charge is -2.13. The highest BCUT2D eigenvalue weighted by atomic mass is 35.5. The summed E-state index contributed by atoms with van der Waals surface area (Å²) in [6.45, 7) is 0. The molecule has 0 saturated heterocycles. The third kappa shape index (κ3) is 5.54. The summed E-state index contributed by atoms with van der Waals surface area (Å²) in [4.78, 5) is 0.236. The first-order valence-corrected chi connectivity index (χ1v) is 13.2. The number of benzene rings is 3. The molecule has 0 aliphatic heterocycles. The Morgan fingerprint density at radius 2 is 1.50 bits per heavy atom. The fraction of sp³-hybridized carbons (Fsp3) is 0.100. The zero-order valence-corrected chi connectivity index (χ0v) is 18.7. The van der Waals surface area contributed by atoms with Gasteiger partial charge in [-0.15, -0.1) is 11.8 Å². The summed E-state index contributed by atoms with van der Waals surface area (Å²) in [5.41, 5.74) is 0.245. The van der Waals surface area contributed by atoms with Crippen LogP contribution in [0.15, 0.2) is 87.5 Å². The van der Waals surface area contributed by atoms with Gasteiger partial charge in [-0.25, -0.2) is 21.2 Å². The molecule has 0 saturated carbocycles. The number of thioether (sulfide) groups is 1. The fourth-order valence-electron chi connectivity index (χ4n) is 2.56. The third-order valence-electron chi connectivity index (χ3n) is 4.04. The maximum atomic E-state index is 13.9. The van der Waals surface area contributed by atoms with Crippen LogP contribution in [0.1, 0.15) is 0 Å². The highest BCUT2D eigenvalue weighted by Gasteiger charge is 2.20. The average molecular weight is 486 g/mol. The fourth-order valence-corrected chi connectivity index (χ4v) is 6.58. The molecule has 158 valence electrons. The summed E-state index contributed by atoms with van der Waals surface area (Å²) >= 11 is 6.98. The Kier molecular flexibility index (Phi) is 7.07. The molecule has 5 nitrogen and oxygen atoms in total. The molecular formula is C20H17ClFNO4S3. The second-order valence-corrected chi connectivity index (χ2v) is 11.5.